The fraction of sp³-hybridized carbons (Fsp3) is 0.0769. The third-order valence-electron chi connectivity index (χ3n) is 2.43. The maximum atomic E-state index is 12.6. The standard InChI is InChI=1S/C13H9F3NO2S/c14-13(15,16)10-5-4-8-12(9-10)20(18,19)17-11-6-2-1-3-7-11/h1-6,8-9,17H. The predicted molar refractivity (Wildman–Crippen MR) is 67.5 cm³/mol. The summed E-state index contributed by atoms with van der Waals surface area (Å²) in [5.41, 5.74) is -0.859. The number of sulfonamides is 1. The van der Waals surface area contributed by atoms with Crippen molar-refractivity contribution in [3.63, 3.8) is 0 Å². The fourth-order valence-electron chi connectivity index (χ4n) is 1.50. The number of rotatable bonds is 3. The van der Waals surface area contributed by atoms with E-state index >= 15 is 0 Å². The van der Waals surface area contributed by atoms with Crippen LogP contribution in [0.4, 0.5) is 18.9 Å². The molecule has 0 saturated heterocycles. The van der Waals surface area contributed by atoms with Crippen LogP contribution in [0.15, 0.2) is 53.4 Å². The number of halogens is 3. The molecule has 1 N–H and O–H groups in total. The van der Waals surface area contributed by atoms with E-state index in [0.717, 1.165) is 18.2 Å². The first-order chi connectivity index (χ1) is 9.29. The fourth-order valence-corrected chi connectivity index (χ4v) is 2.57. The van der Waals surface area contributed by atoms with Crippen LogP contribution >= 0.6 is 0 Å². The lowest BCUT2D eigenvalue weighted by atomic mass is 10.2. The molecule has 0 saturated carbocycles. The molecule has 0 unspecified atom stereocenters. The zero-order valence-corrected chi connectivity index (χ0v) is 10.8. The Kier molecular flexibility index (Phi) is 3.71. The van der Waals surface area contributed by atoms with E-state index in [2.05, 4.69) is 10.8 Å². The predicted octanol–water partition coefficient (Wildman–Crippen LogP) is 3.31. The van der Waals surface area contributed by atoms with Gasteiger partial charge in [0.25, 0.3) is 10.0 Å². The molecule has 105 valence electrons. The number of nitrogens with one attached hydrogen (secondary N) is 1. The maximum absolute atomic E-state index is 12.6. The summed E-state index contributed by atoms with van der Waals surface area (Å²) >= 11 is 0. The van der Waals surface area contributed by atoms with Gasteiger partial charge in [-0.05, 0) is 24.3 Å². The van der Waals surface area contributed by atoms with Gasteiger partial charge in [-0.15, -0.1) is 0 Å². The molecule has 0 bridgehead atoms. The van der Waals surface area contributed by atoms with Crippen LogP contribution in [0.25, 0.3) is 0 Å². The molecule has 2 aromatic rings. The van der Waals surface area contributed by atoms with Crippen LogP contribution < -0.4 is 4.72 Å². The van der Waals surface area contributed by atoms with Crippen LogP contribution in [0.3, 0.4) is 0 Å². The lowest BCUT2D eigenvalue weighted by molar-refractivity contribution is -0.137. The van der Waals surface area contributed by atoms with E-state index < -0.39 is 26.7 Å². The summed E-state index contributed by atoms with van der Waals surface area (Å²) < 4.78 is 63.8. The second-order valence-corrected chi connectivity index (χ2v) is 5.59. The van der Waals surface area contributed by atoms with E-state index in [1.165, 1.54) is 12.1 Å². The van der Waals surface area contributed by atoms with Gasteiger partial charge < -0.3 is 0 Å². The van der Waals surface area contributed by atoms with Crippen molar-refractivity contribution in [2.24, 2.45) is 0 Å². The van der Waals surface area contributed by atoms with Gasteiger partial charge in [0, 0.05) is 6.07 Å². The minimum atomic E-state index is -4.59. The summed E-state index contributed by atoms with van der Waals surface area (Å²) in [6, 6.07) is 12.3. The zero-order chi connectivity index (χ0) is 14.8. The number of para-hydroxylation sites is 1. The molecule has 0 aliphatic carbocycles. The Morgan fingerprint density at radius 2 is 1.80 bits per heavy atom. The van der Waals surface area contributed by atoms with E-state index in [4.69, 9.17) is 0 Å². The summed E-state index contributed by atoms with van der Waals surface area (Å²) in [6.45, 7) is 0. The normalized spacial score (nSPS) is 12.2. The Bertz CT molecular complexity index is 697. The second kappa shape index (κ2) is 5.16. The first-order valence-electron chi connectivity index (χ1n) is 5.46. The van der Waals surface area contributed by atoms with Crippen molar-refractivity contribution < 1.29 is 21.6 Å². The summed E-state index contributed by atoms with van der Waals surface area (Å²) in [5.74, 6) is 0. The van der Waals surface area contributed by atoms with Gasteiger partial charge in [0.15, 0.2) is 0 Å². The second-order valence-electron chi connectivity index (χ2n) is 3.91. The van der Waals surface area contributed by atoms with Gasteiger partial charge in [-0.3, -0.25) is 4.72 Å². The summed E-state index contributed by atoms with van der Waals surface area (Å²) in [4.78, 5) is -0.454. The molecule has 2 rings (SSSR count). The van der Waals surface area contributed by atoms with Crippen molar-refractivity contribution in [3.05, 3.63) is 60.2 Å². The van der Waals surface area contributed by atoms with E-state index in [1.54, 1.807) is 12.1 Å². The van der Waals surface area contributed by atoms with E-state index in [9.17, 15) is 21.6 Å². The molecule has 7 heteroatoms. The van der Waals surface area contributed by atoms with E-state index in [1.807, 2.05) is 0 Å². The van der Waals surface area contributed by atoms with Crippen LogP contribution in [0.5, 0.6) is 0 Å². The molecule has 3 nitrogen and oxygen atoms in total. The minimum absolute atomic E-state index is 0.157. The molecule has 0 fully saturated rings. The summed E-state index contributed by atoms with van der Waals surface area (Å²) in [6.07, 6.45) is -4.59. The van der Waals surface area contributed by atoms with Crippen molar-refractivity contribution in [2.75, 3.05) is 4.72 Å². The molecule has 1 radical (unpaired) electrons. The molecule has 0 heterocycles. The number of anilines is 1. The van der Waals surface area contributed by atoms with Crippen LogP contribution in [0.2, 0.25) is 0 Å². The first kappa shape index (κ1) is 14.4. The van der Waals surface area contributed by atoms with Crippen LogP contribution in [0.1, 0.15) is 5.56 Å². The monoisotopic (exact) mass is 300 g/mol. The molecule has 0 amide bonds. The van der Waals surface area contributed by atoms with Gasteiger partial charge >= 0.3 is 6.18 Å². The van der Waals surface area contributed by atoms with E-state index in [0.29, 0.717) is 6.07 Å². The minimum Gasteiger partial charge on any atom is -0.279 e. The lowest BCUT2D eigenvalue weighted by Gasteiger charge is -2.10. The van der Waals surface area contributed by atoms with Crippen molar-refractivity contribution in [3.8, 4) is 0 Å². The average Bonchev–Trinajstić information content (AvgIpc) is 2.38. The Labute approximate surface area is 114 Å². The average molecular weight is 300 g/mol. The zero-order valence-electron chi connectivity index (χ0n) is 9.98. The van der Waals surface area contributed by atoms with E-state index in [-0.39, 0.29) is 5.69 Å². The molecule has 0 spiro atoms. The molecule has 0 aliphatic rings. The topological polar surface area (TPSA) is 46.2 Å². The third-order valence-corrected chi connectivity index (χ3v) is 3.79. The molecule has 20 heavy (non-hydrogen) atoms. The van der Waals surface area contributed by atoms with Crippen molar-refractivity contribution >= 4 is 15.7 Å². The Hall–Kier alpha value is -2.02. The number of alkyl halides is 3. The molecule has 0 aliphatic heterocycles. The van der Waals surface area contributed by atoms with Crippen molar-refractivity contribution in [2.45, 2.75) is 11.1 Å². The quantitative estimate of drug-likeness (QED) is 0.945. The highest BCUT2D eigenvalue weighted by molar-refractivity contribution is 7.92. The summed E-state index contributed by atoms with van der Waals surface area (Å²) in [7, 11) is -4.08. The Morgan fingerprint density at radius 3 is 2.40 bits per heavy atom. The number of hydrogen-bond acceptors (Lipinski definition) is 2. The molecule has 2 aromatic carbocycles. The van der Waals surface area contributed by atoms with Gasteiger partial charge in [0.2, 0.25) is 0 Å². The van der Waals surface area contributed by atoms with Gasteiger partial charge in [0.1, 0.15) is 0 Å². The van der Waals surface area contributed by atoms with Gasteiger partial charge in [-0.25, -0.2) is 8.42 Å². The third kappa shape index (κ3) is 3.30. The molecule has 0 atom stereocenters. The SMILES string of the molecule is O=S(=O)(Nc1[c]cccc1)c1cccc(C(F)(F)F)c1. The summed E-state index contributed by atoms with van der Waals surface area (Å²) in [5, 5.41) is 0. The Morgan fingerprint density at radius 1 is 1.05 bits per heavy atom. The van der Waals surface area contributed by atoms with Crippen LogP contribution in [0, 0.1) is 6.07 Å². The van der Waals surface area contributed by atoms with Crippen LogP contribution in [-0.4, -0.2) is 8.42 Å². The molecular weight excluding hydrogens is 291 g/mol. The Balaban J connectivity index is 2.35. The highest BCUT2D eigenvalue weighted by Crippen LogP contribution is 2.30. The smallest absolute Gasteiger partial charge is 0.279 e. The number of hydrogen-bond donors (Lipinski definition) is 1. The van der Waals surface area contributed by atoms with Gasteiger partial charge in [-0.2, -0.15) is 13.2 Å². The van der Waals surface area contributed by atoms with Crippen LogP contribution in [-0.2, 0) is 16.2 Å². The van der Waals surface area contributed by atoms with Crippen molar-refractivity contribution in [1.29, 1.82) is 0 Å². The first-order valence-corrected chi connectivity index (χ1v) is 6.94. The highest BCUT2D eigenvalue weighted by atomic mass is 32.2. The maximum Gasteiger partial charge on any atom is 0.416 e. The lowest BCUT2D eigenvalue weighted by Crippen LogP contribution is -2.14. The highest BCUT2D eigenvalue weighted by Gasteiger charge is 2.31. The van der Waals surface area contributed by atoms with Gasteiger partial charge in [-0.1, -0.05) is 24.3 Å². The largest absolute Gasteiger partial charge is 0.416 e. The van der Waals surface area contributed by atoms with Crippen molar-refractivity contribution in [1.82, 2.24) is 0 Å². The molecular formula is C13H9F3NO2S. The number of benzene rings is 2. The molecule has 0 aromatic heterocycles. The van der Waals surface area contributed by atoms with Gasteiger partial charge in [0.05, 0.1) is 16.1 Å².